The molecule has 0 N–H and O–H groups in total. The van der Waals surface area contributed by atoms with Crippen LogP contribution in [0.1, 0.15) is 0 Å². The number of nitro groups is 1. The Morgan fingerprint density at radius 1 is 1.40 bits per heavy atom. The van der Waals surface area contributed by atoms with Gasteiger partial charge in [-0.2, -0.15) is 0 Å². The Morgan fingerprint density at radius 2 is 2.00 bits per heavy atom. The molecule has 0 amide bonds. The minimum Gasteiger partial charge on any atom is -0.325 e. The summed E-state index contributed by atoms with van der Waals surface area (Å²) in [6.45, 7) is 0. The second-order valence-corrected chi connectivity index (χ2v) is 1.71. The highest BCUT2D eigenvalue weighted by atomic mass is 16.6. The topological polar surface area (TPSA) is 48.1 Å². The van der Waals surface area contributed by atoms with Gasteiger partial charge in [-0.15, -0.1) is 0 Å². The van der Waals surface area contributed by atoms with Crippen LogP contribution in [0, 0.1) is 10.1 Å². The minimum absolute atomic E-state index is 0.500. The molecule has 10 heavy (non-hydrogen) atoms. The molecule has 0 spiro atoms. The number of rotatable bonds is 2. The monoisotopic (exact) mass is 138 g/mol. The number of nitrogens with zero attached hydrogens (tertiary/aromatic N) is 2. The molecule has 0 saturated heterocycles. The standard InChI is InChI=1S/C6H6N2O2/c9-8(10)6-5-7-3-1-2-4-7/h1-6H. The molecule has 0 aromatic carbocycles. The van der Waals surface area contributed by atoms with Gasteiger partial charge >= 0.3 is 0 Å². The van der Waals surface area contributed by atoms with Crippen LogP contribution < -0.4 is 0 Å². The van der Waals surface area contributed by atoms with Crippen LogP contribution >= 0.6 is 0 Å². The first kappa shape index (κ1) is 6.54. The molecule has 0 bridgehead atoms. The molecular weight excluding hydrogens is 132 g/mol. The molecule has 0 unspecified atom stereocenters. The van der Waals surface area contributed by atoms with E-state index in [0.29, 0.717) is 0 Å². The molecule has 1 rings (SSSR count). The van der Waals surface area contributed by atoms with Gasteiger partial charge in [-0.05, 0) is 12.1 Å². The molecule has 0 fully saturated rings. The zero-order valence-corrected chi connectivity index (χ0v) is 5.18. The van der Waals surface area contributed by atoms with Gasteiger partial charge in [-0.25, -0.2) is 0 Å². The quantitative estimate of drug-likeness (QED) is 0.455. The summed E-state index contributed by atoms with van der Waals surface area (Å²) in [7, 11) is 0. The molecule has 0 atom stereocenters. The predicted octanol–water partition coefficient (Wildman–Crippen LogP) is 1.19. The van der Waals surface area contributed by atoms with E-state index >= 15 is 0 Å². The largest absolute Gasteiger partial charge is 0.325 e. The van der Waals surface area contributed by atoms with Crippen LogP contribution in [0.2, 0.25) is 0 Å². The van der Waals surface area contributed by atoms with Gasteiger partial charge in [0.25, 0.3) is 6.20 Å². The molecule has 1 aromatic heterocycles. The Kier molecular flexibility index (Phi) is 1.84. The predicted molar refractivity (Wildman–Crippen MR) is 36.8 cm³/mol. The first-order chi connectivity index (χ1) is 4.79. The smallest absolute Gasteiger partial charge is 0.250 e. The van der Waals surface area contributed by atoms with Crippen molar-refractivity contribution in [2.75, 3.05) is 0 Å². The van der Waals surface area contributed by atoms with Crippen molar-refractivity contribution >= 4 is 6.20 Å². The highest BCUT2D eigenvalue weighted by Gasteiger charge is 1.84. The van der Waals surface area contributed by atoms with Crippen molar-refractivity contribution in [1.29, 1.82) is 0 Å². The summed E-state index contributed by atoms with van der Waals surface area (Å²) in [5.41, 5.74) is 0. The molecular formula is C6H6N2O2. The molecule has 4 heteroatoms. The number of hydrogen-bond donors (Lipinski definition) is 0. The third-order valence-electron chi connectivity index (χ3n) is 0.988. The van der Waals surface area contributed by atoms with E-state index in [0.717, 1.165) is 6.20 Å². The Hall–Kier alpha value is -1.58. The zero-order valence-electron chi connectivity index (χ0n) is 5.18. The highest BCUT2D eigenvalue weighted by molar-refractivity contribution is 5.19. The first-order valence-corrected chi connectivity index (χ1v) is 2.73. The zero-order chi connectivity index (χ0) is 7.40. The van der Waals surface area contributed by atoms with Crippen LogP contribution in [0.5, 0.6) is 0 Å². The van der Waals surface area contributed by atoms with Gasteiger partial charge in [-0.3, -0.25) is 10.1 Å². The molecule has 0 aliphatic heterocycles. The number of aromatic nitrogens is 1. The SMILES string of the molecule is O=[N+]([O-])C=Cn1cccc1. The minimum atomic E-state index is -0.500. The maximum atomic E-state index is 9.80. The summed E-state index contributed by atoms with van der Waals surface area (Å²) < 4.78 is 1.60. The normalized spacial score (nSPS) is 10.4. The molecule has 0 aliphatic carbocycles. The van der Waals surface area contributed by atoms with Gasteiger partial charge in [-0.1, -0.05) is 0 Å². The van der Waals surface area contributed by atoms with E-state index < -0.39 is 4.92 Å². The second-order valence-electron chi connectivity index (χ2n) is 1.71. The first-order valence-electron chi connectivity index (χ1n) is 2.73. The summed E-state index contributed by atoms with van der Waals surface area (Å²) in [5, 5.41) is 9.80. The Bertz CT molecular complexity index is 238. The fourth-order valence-electron chi connectivity index (χ4n) is 0.579. The van der Waals surface area contributed by atoms with Crippen molar-refractivity contribution in [3.63, 3.8) is 0 Å². The van der Waals surface area contributed by atoms with E-state index in [-0.39, 0.29) is 0 Å². The van der Waals surface area contributed by atoms with Crippen molar-refractivity contribution in [2.45, 2.75) is 0 Å². The summed E-state index contributed by atoms with van der Waals surface area (Å²) >= 11 is 0. The lowest BCUT2D eigenvalue weighted by Crippen LogP contribution is -1.85. The van der Waals surface area contributed by atoms with Crippen molar-refractivity contribution < 1.29 is 4.92 Å². The maximum Gasteiger partial charge on any atom is 0.250 e. The number of hydrogen-bond acceptors (Lipinski definition) is 2. The molecule has 1 aromatic rings. The Balaban J connectivity index is 2.64. The Labute approximate surface area is 57.5 Å². The van der Waals surface area contributed by atoms with Crippen LogP contribution in [0.3, 0.4) is 0 Å². The molecule has 0 aliphatic rings. The van der Waals surface area contributed by atoms with Gasteiger partial charge < -0.3 is 4.57 Å². The molecule has 52 valence electrons. The lowest BCUT2D eigenvalue weighted by atomic mass is 10.7. The average molecular weight is 138 g/mol. The van der Waals surface area contributed by atoms with Crippen LogP contribution in [0.15, 0.2) is 30.7 Å². The van der Waals surface area contributed by atoms with Gasteiger partial charge in [0.1, 0.15) is 0 Å². The van der Waals surface area contributed by atoms with E-state index in [1.165, 1.54) is 6.20 Å². The van der Waals surface area contributed by atoms with Gasteiger partial charge in [0.2, 0.25) is 0 Å². The highest BCUT2D eigenvalue weighted by Crippen LogP contribution is 1.89. The lowest BCUT2D eigenvalue weighted by molar-refractivity contribution is -0.401. The van der Waals surface area contributed by atoms with Crippen molar-refractivity contribution in [3.8, 4) is 0 Å². The summed E-state index contributed by atoms with van der Waals surface area (Å²) in [5.74, 6) is 0. The van der Waals surface area contributed by atoms with E-state index in [9.17, 15) is 10.1 Å². The molecule has 1 heterocycles. The van der Waals surface area contributed by atoms with E-state index in [1.54, 1.807) is 29.1 Å². The fourth-order valence-corrected chi connectivity index (χ4v) is 0.579. The van der Waals surface area contributed by atoms with E-state index in [1.807, 2.05) is 0 Å². The van der Waals surface area contributed by atoms with E-state index in [4.69, 9.17) is 0 Å². The van der Waals surface area contributed by atoms with Gasteiger partial charge in [0, 0.05) is 12.4 Å². The average Bonchev–Trinajstić information content (AvgIpc) is 2.34. The van der Waals surface area contributed by atoms with Crippen LogP contribution in [0.4, 0.5) is 0 Å². The van der Waals surface area contributed by atoms with Crippen LogP contribution in [0.25, 0.3) is 6.20 Å². The van der Waals surface area contributed by atoms with Crippen LogP contribution in [-0.2, 0) is 0 Å². The summed E-state index contributed by atoms with van der Waals surface area (Å²) in [6, 6.07) is 3.59. The summed E-state index contributed by atoms with van der Waals surface area (Å²) in [4.78, 5) is 9.30. The van der Waals surface area contributed by atoms with Crippen molar-refractivity contribution in [1.82, 2.24) is 4.57 Å². The van der Waals surface area contributed by atoms with Gasteiger partial charge in [0.15, 0.2) is 0 Å². The molecule has 0 radical (unpaired) electrons. The summed E-state index contributed by atoms with van der Waals surface area (Å²) in [6.07, 6.45) is 5.71. The third kappa shape index (κ3) is 1.74. The lowest BCUT2D eigenvalue weighted by Gasteiger charge is -1.85. The van der Waals surface area contributed by atoms with E-state index in [2.05, 4.69) is 0 Å². The van der Waals surface area contributed by atoms with Crippen LogP contribution in [-0.4, -0.2) is 9.49 Å². The van der Waals surface area contributed by atoms with Gasteiger partial charge in [0.05, 0.1) is 11.1 Å². The molecule has 0 saturated carbocycles. The Morgan fingerprint density at radius 3 is 2.50 bits per heavy atom. The van der Waals surface area contributed by atoms with Crippen molar-refractivity contribution in [3.05, 3.63) is 40.8 Å². The fraction of sp³-hybridized carbons (Fsp3) is 0. The molecule has 4 nitrogen and oxygen atoms in total. The van der Waals surface area contributed by atoms with Crippen molar-refractivity contribution in [2.24, 2.45) is 0 Å². The second kappa shape index (κ2) is 2.82. The third-order valence-corrected chi connectivity index (χ3v) is 0.988. The maximum absolute atomic E-state index is 9.80.